The number of halogens is 3. The van der Waals surface area contributed by atoms with E-state index in [9.17, 15) is 22.8 Å². The number of nitrogens with one attached hydrogen (secondary N) is 1. The molecule has 1 amide bonds. The number of aromatic nitrogens is 4. The van der Waals surface area contributed by atoms with E-state index in [1.54, 1.807) is 23.2 Å². The van der Waals surface area contributed by atoms with Gasteiger partial charge in [0.05, 0.1) is 6.04 Å². The van der Waals surface area contributed by atoms with Crippen LogP contribution in [0.4, 0.5) is 13.2 Å². The lowest BCUT2D eigenvalue weighted by Crippen LogP contribution is -2.41. The number of rotatable bonds is 2. The van der Waals surface area contributed by atoms with Crippen molar-refractivity contribution in [2.75, 3.05) is 13.1 Å². The Balaban J connectivity index is 1.49. The van der Waals surface area contributed by atoms with Gasteiger partial charge < -0.3 is 9.88 Å². The number of H-pyrrole nitrogens is 1. The summed E-state index contributed by atoms with van der Waals surface area (Å²) < 4.78 is 40.3. The van der Waals surface area contributed by atoms with E-state index in [-0.39, 0.29) is 5.91 Å². The molecule has 3 heterocycles. The van der Waals surface area contributed by atoms with Crippen LogP contribution in [0.25, 0.3) is 10.9 Å². The number of carbonyl (C=O) groups is 1. The molecule has 1 aliphatic heterocycles. The number of piperidine rings is 1. The maximum Gasteiger partial charge on any atom is 0.451 e. The molecule has 148 valence electrons. The predicted molar refractivity (Wildman–Crippen MR) is 94.9 cm³/mol. The highest BCUT2D eigenvalue weighted by atomic mass is 19.4. The van der Waals surface area contributed by atoms with Crippen LogP contribution in [0.5, 0.6) is 0 Å². The average molecular weight is 393 g/mol. The molecular weight excluding hydrogens is 375 g/mol. The third-order valence-corrected chi connectivity index (χ3v) is 5.16. The molecule has 1 N–H and O–H groups in total. The van der Waals surface area contributed by atoms with Gasteiger partial charge in [0.2, 0.25) is 5.82 Å². The molecule has 0 aliphatic carbocycles. The minimum atomic E-state index is -4.69. The van der Waals surface area contributed by atoms with Crippen molar-refractivity contribution in [1.29, 1.82) is 0 Å². The van der Waals surface area contributed by atoms with Crippen molar-refractivity contribution in [3.8, 4) is 0 Å². The second kappa shape index (κ2) is 6.54. The number of carbonyl (C=O) groups excluding carboxylic acids is 1. The van der Waals surface area contributed by atoms with Gasteiger partial charge >= 0.3 is 11.9 Å². The molecule has 10 heteroatoms. The number of aromatic amines is 1. The minimum absolute atomic E-state index is 0.140. The molecule has 3 aromatic rings. The monoisotopic (exact) mass is 393 g/mol. The van der Waals surface area contributed by atoms with Crippen LogP contribution in [0.1, 0.15) is 35.1 Å². The third kappa shape index (κ3) is 3.08. The number of alkyl halides is 3. The Morgan fingerprint density at radius 1 is 1.21 bits per heavy atom. The highest BCUT2D eigenvalue weighted by Crippen LogP contribution is 2.28. The second-order valence-corrected chi connectivity index (χ2v) is 6.91. The fraction of sp³-hybridized carbons (Fsp3) is 0.389. The van der Waals surface area contributed by atoms with Crippen molar-refractivity contribution >= 4 is 16.8 Å². The summed E-state index contributed by atoms with van der Waals surface area (Å²) in [6, 6.07) is 6.84. The first-order valence-corrected chi connectivity index (χ1v) is 8.85. The summed E-state index contributed by atoms with van der Waals surface area (Å²) in [4.78, 5) is 29.6. The quantitative estimate of drug-likeness (QED) is 0.727. The van der Waals surface area contributed by atoms with Gasteiger partial charge in [0, 0.05) is 37.4 Å². The molecule has 1 fully saturated rings. The molecule has 0 unspecified atom stereocenters. The van der Waals surface area contributed by atoms with Crippen molar-refractivity contribution in [3.63, 3.8) is 0 Å². The van der Waals surface area contributed by atoms with E-state index in [1.807, 2.05) is 12.1 Å². The van der Waals surface area contributed by atoms with Crippen molar-refractivity contribution < 1.29 is 18.0 Å². The first-order valence-electron chi connectivity index (χ1n) is 8.85. The van der Waals surface area contributed by atoms with Gasteiger partial charge in [0.1, 0.15) is 0 Å². The Morgan fingerprint density at radius 2 is 1.93 bits per heavy atom. The molecule has 0 spiro atoms. The maximum atomic E-state index is 13.0. The molecule has 0 bridgehead atoms. The summed E-state index contributed by atoms with van der Waals surface area (Å²) in [5.74, 6) is -1.35. The zero-order valence-corrected chi connectivity index (χ0v) is 15.0. The van der Waals surface area contributed by atoms with Crippen LogP contribution in [0.2, 0.25) is 0 Å². The largest absolute Gasteiger partial charge is 0.451 e. The zero-order valence-electron chi connectivity index (χ0n) is 15.0. The topological polar surface area (TPSA) is 75.9 Å². The van der Waals surface area contributed by atoms with Gasteiger partial charge in [-0.25, -0.2) is 9.48 Å². The normalized spacial score (nSPS) is 16.1. The molecule has 1 aromatic carbocycles. The minimum Gasteiger partial charge on any atom is -0.361 e. The van der Waals surface area contributed by atoms with E-state index in [2.05, 4.69) is 10.1 Å². The van der Waals surface area contributed by atoms with Gasteiger partial charge in [0.25, 0.3) is 5.91 Å². The standard InChI is InChI=1S/C18H18F3N5O2/c1-24-16(18(19,20)21)23-26(17(24)28)13-5-8-25(9-6-13)15(27)12-3-2-11-4-7-22-14(11)10-12/h2-4,7,10,13,22H,5-6,8-9H2,1H3. The number of fused-ring (bicyclic) bond motifs is 1. The fourth-order valence-electron chi connectivity index (χ4n) is 3.62. The Hall–Kier alpha value is -3.04. The van der Waals surface area contributed by atoms with E-state index in [0.717, 1.165) is 22.6 Å². The van der Waals surface area contributed by atoms with Crippen molar-refractivity contribution in [2.24, 2.45) is 7.05 Å². The Bertz CT molecular complexity index is 1090. The van der Waals surface area contributed by atoms with E-state index < -0.39 is 23.7 Å². The van der Waals surface area contributed by atoms with Gasteiger partial charge in [-0.3, -0.25) is 9.36 Å². The third-order valence-electron chi connectivity index (χ3n) is 5.16. The summed E-state index contributed by atoms with van der Waals surface area (Å²) in [5.41, 5.74) is 0.609. The average Bonchev–Trinajstić information content (AvgIpc) is 3.25. The van der Waals surface area contributed by atoms with Gasteiger partial charge in [-0.1, -0.05) is 6.07 Å². The first-order chi connectivity index (χ1) is 13.3. The number of benzene rings is 1. The Morgan fingerprint density at radius 3 is 2.57 bits per heavy atom. The SMILES string of the molecule is Cn1c(C(F)(F)F)nn(C2CCN(C(=O)c3ccc4cc[nH]c4c3)CC2)c1=O. The molecule has 1 aliphatic rings. The smallest absolute Gasteiger partial charge is 0.361 e. The van der Waals surface area contributed by atoms with Gasteiger partial charge in [-0.15, -0.1) is 5.10 Å². The summed E-state index contributed by atoms with van der Waals surface area (Å²) in [5, 5.41) is 4.50. The van der Waals surface area contributed by atoms with Crippen LogP contribution in [-0.2, 0) is 13.2 Å². The highest BCUT2D eigenvalue weighted by molar-refractivity contribution is 5.98. The number of amides is 1. The van der Waals surface area contributed by atoms with Crippen LogP contribution in [0.15, 0.2) is 35.3 Å². The van der Waals surface area contributed by atoms with Crippen LogP contribution in [-0.4, -0.2) is 43.2 Å². The summed E-state index contributed by atoms with van der Waals surface area (Å²) in [7, 11) is 1.06. The van der Waals surface area contributed by atoms with E-state index in [0.29, 0.717) is 36.1 Å². The molecule has 1 saturated heterocycles. The van der Waals surface area contributed by atoms with Crippen LogP contribution >= 0.6 is 0 Å². The maximum absolute atomic E-state index is 13.0. The van der Waals surface area contributed by atoms with Crippen LogP contribution in [0, 0.1) is 0 Å². The fourth-order valence-corrected chi connectivity index (χ4v) is 3.62. The van der Waals surface area contributed by atoms with Crippen LogP contribution in [0.3, 0.4) is 0 Å². The van der Waals surface area contributed by atoms with Crippen molar-refractivity contribution in [1.82, 2.24) is 24.2 Å². The number of nitrogens with zero attached hydrogens (tertiary/aromatic N) is 4. The van der Waals surface area contributed by atoms with Crippen molar-refractivity contribution in [3.05, 3.63) is 52.3 Å². The molecule has 2 aromatic heterocycles. The molecule has 0 saturated carbocycles. The highest BCUT2D eigenvalue weighted by Gasteiger charge is 2.39. The molecule has 7 nitrogen and oxygen atoms in total. The lowest BCUT2D eigenvalue weighted by atomic mass is 10.0. The molecule has 4 rings (SSSR count). The lowest BCUT2D eigenvalue weighted by molar-refractivity contribution is -0.147. The van der Waals surface area contributed by atoms with Crippen molar-refractivity contribution in [2.45, 2.75) is 25.1 Å². The van der Waals surface area contributed by atoms with Gasteiger partial charge in [0.15, 0.2) is 0 Å². The van der Waals surface area contributed by atoms with Crippen LogP contribution < -0.4 is 5.69 Å². The van der Waals surface area contributed by atoms with Gasteiger partial charge in [-0.2, -0.15) is 13.2 Å². The first kappa shape index (κ1) is 18.3. The summed E-state index contributed by atoms with van der Waals surface area (Å²) in [6.45, 7) is 0.688. The van der Waals surface area contributed by atoms with E-state index in [1.165, 1.54) is 0 Å². The Kier molecular flexibility index (Phi) is 4.28. The van der Waals surface area contributed by atoms with Gasteiger partial charge in [-0.05, 0) is 36.4 Å². The number of likely N-dealkylation sites (tertiary alicyclic amines) is 1. The molecule has 28 heavy (non-hydrogen) atoms. The van der Waals surface area contributed by atoms with E-state index >= 15 is 0 Å². The molecular formula is C18H18F3N5O2. The predicted octanol–water partition coefficient (Wildman–Crippen LogP) is 2.56. The summed E-state index contributed by atoms with van der Waals surface area (Å²) >= 11 is 0. The Labute approximate surface area is 157 Å². The second-order valence-electron chi connectivity index (χ2n) is 6.91. The van der Waals surface area contributed by atoms with E-state index in [4.69, 9.17) is 0 Å². The molecule has 0 atom stereocenters. The zero-order chi connectivity index (χ0) is 20.1. The lowest BCUT2D eigenvalue weighted by Gasteiger charge is -2.31. The summed E-state index contributed by atoms with van der Waals surface area (Å²) in [6.07, 6.45) is -2.16. The number of hydrogen-bond acceptors (Lipinski definition) is 3. The molecule has 0 radical (unpaired) electrons. The number of hydrogen-bond donors (Lipinski definition) is 1.